The smallest absolute Gasteiger partial charge is 0.262 e. The van der Waals surface area contributed by atoms with E-state index in [0.717, 1.165) is 11.3 Å². The number of hydrogen-bond donors (Lipinski definition) is 2. The number of amides is 1. The summed E-state index contributed by atoms with van der Waals surface area (Å²) < 4.78 is 1.58. The number of aryl methyl sites for hydroxylation is 1. The molecule has 0 aliphatic heterocycles. The Balaban J connectivity index is 1.97. The van der Waals surface area contributed by atoms with E-state index < -0.39 is 0 Å². The highest BCUT2D eigenvalue weighted by atomic mass is 32.1. The van der Waals surface area contributed by atoms with Crippen LogP contribution in [0.1, 0.15) is 19.3 Å². The standard InChI is InChI=1S/C11H14N4O2S/c12-14-9(16)3-1-2-5-15-7-13-10-8(11(15)17)4-6-18-10/h4,6-7H,1-3,5,12H2,(H,14,16). The summed E-state index contributed by atoms with van der Waals surface area (Å²) in [5, 5.41) is 2.51. The minimum Gasteiger partial charge on any atom is -0.299 e. The van der Waals surface area contributed by atoms with Crippen LogP contribution in [0.3, 0.4) is 0 Å². The summed E-state index contributed by atoms with van der Waals surface area (Å²) in [5.74, 6) is 4.79. The Morgan fingerprint density at radius 3 is 3.11 bits per heavy atom. The lowest BCUT2D eigenvalue weighted by Gasteiger charge is -2.04. The van der Waals surface area contributed by atoms with Gasteiger partial charge in [0.2, 0.25) is 5.91 Å². The van der Waals surface area contributed by atoms with Crippen LogP contribution in [0.2, 0.25) is 0 Å². The summed E-state index contributed by atoms with van der Waals surface area (Å²) >= 11 is 1.45. The first kappa shape index (κ1) is 12.7. The average Bonchev–Trinajstić information content (AvgIpc) is 2.85. The Kier molecular flexibility index (Phi) is 4.06. The number of hydrogen-bond acceptors (Lipinski definition) is 5. The molecule has 3 N–H and O–H groups in total. The van der Waals surface area contributed by atoms with Crippen molar-refractivity contribution in [2.24, 2.45) is 5.84 Å². The zero-order chi connectivity index (χ0) is 13.0. The summed E-state index contributed by atoms with van der Waals surface area (Å²) in [7, 11) is 0. The molecule has 0 aliphatic carbocycles. The minimum atomic E-state index is -0.186. The second kappa shape index (κ2) is 5.74. The number of unbranched alkanes of at least 4 members (excludes halogenated alkanes) is 1. The first-order chi connectivity index (χ1) is 8.72. The molecule has 2 rings (SSSR count). The highest BCUT2D eigenvalue weighted by Crippen LogP contribution is 2.13. The van der Waals surface area contributed by atoms with Gasteiger partial charge < -0.3 is 0 Å². The number of nitrogens with one attached hydrogen (secondary N) is 1. The number of carbonyl (C=O) groups is 1. The highest BCUT2D eigenvalue weighted by Gasteiger charge is 2.05. The lowest BCUT2D eigenvalue weighted by atomic mass is 10.2. The lowest BCUT2D eigenvalue weighted by molar-refractivity contribution is -0.121. The molecule has 0 radical (unpaired) electrons. The molecule has 18 heavy (non-hydrogen) atoms. The fraction of sp³-hybridized carbons (Fsp3) is 0.364. The Labute approximate surface area is 107 Å². The maximum atomic E-state index is 12.0. The van der Waals surface area contributed by atoms with Gasteiger partial charge in [0.25, 0.3) is 5.56 Å². The molecule has 6 nitrogen and oxygen atoms in total. The topological polar surface area (TPSA) is 90.0 Å². The van der Waals surface area contributed by atoms with E-state index >= 15 is 0 Å². The van der Waals surface area contributed by atoms with Crippen LogP contribution in [0.4, 0.5) is 0 Å². The molecule has 0 saturated carbocycles. The fourth-order valence-electron chi connectivity index (χ4n) is 1.69. The number of rotatable bonds is 5. The van der Waals surface area contributed by atoms with Crippen molar-refractivity contribution in [1.29, 1.82) is 0 Å². The van der Waals surface area contributed by atoms with Gasteiger partial charge in [0, 0.05) is 13.0 Å². The second-order valence-electron chi connectivity index (χ2n) is 3.91. The van der Waals surface area contributed by atoms with E-state index in [9.17, 15) is 9.59 Å². The largest absolute Gasteiger partial charge is 0.299 e. The number of fused-ring (bicyclic) bond motifs is 1. The molecule has 0 fully saturated rings. The molecule has 2 aromatic heterocycles. The molecule has 0 aromatic carbocycles. The Morgan fingerprint density at radius 2 is 2.33 bits per heavy atom. The number of hydrazine groups is 1. The number of carbonyl (C=O) groups excluding carboxylic acids is 1. The van der Waals surface area contributed by atoms with Gasteiger partial charge in [0.1, 0.15) is 4.83 Å². The van der Waals surface area contributed by atoms with E-state index in [-0.39, 0.29) is 11.5 Å². The molecule has 0 bridgehead atoms. The van der Waals surface area contributed by atoms with Crippen molar-refractivity contribution in [2.75, 3.05) is 0 Å². The summed E-state index contributed by atoms with van der Waals surface area (Å²) in [5.41, 5.74) is 2.05. The third kappa shape index (κ3) is 2.74. The van der Waals surface area contributed by atoms with Crippen molar-refractivity contribution in [3.63, 3.8) is 0 Å². The first-order valence-corrected chi connectivity index (χ1v) is 6.52. The van der Waals surface area contributed by atoms with Crippen LogP contribution in [0.5, 0.6) is 0 Å². The van der Waals surface area contributed by atoms with Gasteiger partial charge in [-0.05, 0) is 24.3 Å². The highest BCUT2D eigenvalue weighted by molar-refractivity contribution is 7.16. The van der Waals surface area contributed by atoms with Crippen molar-refractivity contribution >= 4 is 27.5 Å². The summed E-state index contributed by atoms with van der Waals surface area (Å²) in [4.78, 5) is 27.9. The summed E-state index contributed by atoms with van der Waals surface area (Å²) in [6.45, 7) is 0.565. The molecule has 0 aliphatic rings. The van der Waals surface area contributed by atoms with Crippen LogP contribution in [-0.4, -0.2) is 15.5 Å². The maximum absolute atomic E-state index is 12.0. The quantitative estimate of drug-likeness (QED) is 0.359. The first-order valence-electron chi connectivity index (χ1n) is 5.64. The molecule has 0 spiro atoms. The fourth-order valence-corrected chi connectivity index (χ4v) is 2.42. The van der Waals surface area contributed by atoms with Gasteiger partial charge in [-0.1, -0.05) is 0 Å². The van der Waals surface area contributed by atoms with Gasteiger partial charge in [0.15, 0.2) is 0 Å². The second-order valence-corrected chi connectivity index (χ2v) is 4.80. The molecule has 0 saturated heterocycles. The predicted octanol–water partition coefficient (Wildman–Crippen LogP) is 0.618. The Morgan fingerprint density at radius 1 is 1.50 bits per heavy atom. The van der Waals surface area contributed by atoms with E-state index in [2.05, 4.69) is 10.4 Å². The van der Waals surface area contributed by atoms with Crippen LogP contribution < -0.4 is 16.8 Å². The number of thiophene rings is 1. The monoisotopic (exact) mass is 266 g/mol. The van der Waals surface area contributed by atoms with E-state index in [1.165, 1.54) is 11.3 Å². The van der Waals surface area contributed by atoms with Crippen LogP contribution in [0, 0.1) is 0 Å². The maximum Gasteiger partial charge on any atom is 0.262 e. The van der Waals surface area contributed by atoms with Crippen LogP contribution in [0.25, 0.3) is 10.2 Å². The molecule has 0 unspecified atom stereocenters. The lowest BCUT2D eigenvalue weighted by Crippen LogP contribution is -2.29. The minimum absolute atomic E-state index is 0.0236. The molecule has 0 atom stereocenters. The van der Waals surface area contributed by atoms with Gasteiger partial charge >= 0.3 is 0 Å². The van der Waals surface area contributed by atoms with E-state index in [1.54, 1.807) is 17.0 Å². The molecule has 96 valence electrons. The number of nitrogens with two attached hydrogens (primary N) is 1. The number of nitrogens with zero attached hydrogens (tertiary/aromatic N) is 2. The predicted molar refractivity (Wildman–Crippen MR) is 70.1 cm³/mol. The molecule has 2 aromatic rings. The van der Waals surface area contributed by atoms with Crippen LogP contribution in [0.15, 0.2) is 22.6 Å². The van der Waals surface area contributed by atoms with Gasteiger partial charge in [0.05, 0.1) is 11.7 Å². The third-order valence-electron chi connectivity index (χ3n) is 2.66. The molecule has 2 heterocycles. The molecular weight excluding hydrogens is 252 g/mol. The van der Waals surface area contributed by atoms with Crippen LogP contribution >= 0.6 is 11.3 Å². The van der Waals surface area contributed by atoms with Crippen LogP contribution in [-0.2, 0) is 11.3 Å². The van der Waals surface area contributed by atoms with E-state index in [4.69, 9.17) is 5.84 Å². The molecule has 7 heteroatoms. The van der Waals surface area contributed by atoms with Crippen molar-refractivity contribution < 1.29 is 4.79 Å². The van der Waals surface area contributed by atoms with Crippen molar-refractivity contribution in [1.82, 2.24) is 15.0 Å². The molecular formula is C11H14N4O2S. The number of aromatic nitrogens is 2. The normalized spacial score (nSPS) is 10.7. The van der Waals surface area contributed by atoms with Gasteiger partial charge in [-0.25, -0.2) is 10.8 Å². The zero-order valence-corrected chi connectivity index (χ0v) is 10.6. The van der Waals surface area contributed by atoms with Crippen molar-refractivity contribution in [3.8, 4) is 0 Å². The summed E-state index contributed by atoms with van der Waals surface area (Å²) in [6, 6.07) is 1.79. The SMILES string of the molecule is NNC(=O)CCCCn1cnc2sccc2c1=O. The Bertz CT molecular complexity index is 604. The van der Waals surface area contributed by atoms with Crippen molar-refractivity contribution in [3.05, 3.63) is 28.1 Å². The van der Waals surface area contributed by atoms with Gasteiger partial charge in [-0.15, -0.1) is 11.3 Å². The van der Waals surface area contributed by atoms with E-state index in [1.807, 2.05) is 5.38 Å². The average molecular weight is 266 g/mol. The molecule has 1 amide bonds. The van der Waals surface area contributed by atoms with Gasteiger partial charge in [-0.2, -0.15) is 0 Å². The third-order valence-corrected chi connectivity index (χ3v) is 3.49. The van der Waals surface area contributed by atoms with E-state index in [0.29, 0.717) is 24.8 Å². The van der Waals surface area contributed by atoms with Crippen molar-refractivity contribution in [2.45, 2.75) is 25.8 Å². The van der Waals surface area contributed by atoms with Gasteiger partial charge in [-0.3, -0.25) is 19.6 Å². The summed E-state index contributed by atoms with van der Waals surface area (Å²) in [6.07, 6.45) is 3.37. The zero-order valence-electron chi connectivity index (χ0n) is 9.76. The Hall–Kier alpha value is -1.73.